The molecule has 1 N–H and O–H groups in total. The first-order valence-electron chi connectivity index (χ1n) is 9.00. The molecule has 0 saturated heterocycles. The lowest BCUT2D eigenvalue weighted by Crippen LogP contribution is -2.32. The van der Waals surface area contributed by atoms with Crippen LogP contribution in [0.4, 0.5) is 4.39 Å². The lowest BCUT2D eigenvalue weighted by atomic mass is 9.95. The summed E-state index contributed by atoms with van der Waals surface area (Å²) in [6.45, 7) is 0.499. The maximum Gasteiger partial charge on any atom is 0.226 e. The Morgan fingerprint density at radius 1 is 1.32 bits per heavy atom. The van der Waals surface area contributed by atoms with Gasteiger partial charge < -0.3 is 9.84 Å². The quantitative estimate of drug-likeness (QED) is 0.799. The highest BCUT2D eigenvalue weighted by molar-refractivity contribution is 5.76. The van der Waals surface area contributed by atoms with Gasteiger partial charge in [0.2, 0.25) is 11.8 Å². The van der Waals surface area contributed by atoms with Crippen LogP contribution < -0.4 is 5.32 Å². The molecule has 4 rings (SSSR count). The van der Waals surface area contributed by atoms with Crippen LogP contribution in [0, 0.1) is 5.82 Å². The van der Waals surface area contributed by atoms with E-state index in [9.17, 15) is 9.18 Å². The zero-order valence-corrected chi connectivity index (χ0v) is 14.1. The van der Waals surface area contributed by atoms with Crippen molar-refractivity contribution in [2.45, 2.75) is 56.3 Å². The number of rotatable bonds is 8. The van der Waals surface area contributed by atoms with Crippen molar-refractivity contribution in [1.29, 1.82) is 0 Å². The van der Waals surface area contributed by atoms with E-state index < -0.39 is 0 Å². The molecule has 2 saturated carbocycles. The molecule has 132 valence electrons. The summed E-state index contributed by atoms with van der Waals surface area (Å²) in [6, 6.07) is 6.85. The van der Waals surface area contributed by atoms with E-state index in [1.54, 1.807) is 6.07 Å². The van der Waals surface area contributed by atoms with Crippen LogP contribution in [0.1, 0.15) is 61.7 Å². The highest BCUT2D eigenvalue weighted by atomic mass is 19.1. The number of amides is 1. The molecule has 0 aliphatic heterocycles. The standard InChI is InChI=1S/C19H22FN3O2/c20-15-5-2-1-4-14(15)19(10-11-19)12-21-16(24)6-3-7-17-22-18(23-25-17)13-8-9-13/h1-2,4-5,13H,3,6-12H2,(H,21,24). The van der Waals surface area contributed by atoms with Crippen molar-refractivity contribution in [3.63, 3.8) is 0 Å². The average molecular weight is 343 g/mol. The molecular weight excluding hydrogens is 321 g/mol. The van der Waals surface area contributed by atoms with E-state index >= 15 is 0 Å². The number of aryl methyl sites for hydroxylation is 1. The van der Waals surface area contributed by atoms with Crippen LogP contribution in [-0.2, 0) is 16.6 Å². The number of hydrogen-bond acceptors (Lipinski definition) is 4. The molecule has 5 nitrogen and oxygen atoms in total. The third kappa shape index (κ3) is 3.72. The van der Waals surface area contributed by atoms with Crippen molar-refractivity contribution in [3.8, 4) is 0 Å². The molecule has 2 aromatic rings. The molecule has 0 bridgehead atoms. The zero-order valence-electron chi connectivity index (χ0n) is 14.1. The zero-order chi connectivity index (χ0) is 17.3. The van der Waals surface area contributed by atoms with Crippen molar-refractivity contribution >= 4 is 5.91 Å². The number of benzene rings is 1. The third-order valence-electron chi connectivity index (χ3n) is 5.14. The number of carbonyl (C=O) groups excluding carboxylic acids is 1. The van der Waals surface area contributed by atoms with Gasteiger partial charge in [-0.1, -0.05) is 23.4 Å². The number of aromatic nitrogens is 2. The lowest BCUT2D eigenvalue weighted by Gasteiger charge is -2.17. The van der Waals surface area contributed by atoms with Crippen LogP contribution in [0.15, 0.2) is 28.8 Å². The van der Waals surface area contributed by atoms with Gasteiger partial charge >= 0.3 is 0 Å². The Labute approximate surface area is 146 Å². The SMILES string of the molecule is O=C(CCCc1nc(C2CC2)no1)NCC1(c2ccccc2F)CC1. The molecule has 0 unspecified atom stereocenters. The van der Waals surface area contributed by atoms with Gasteiger partial charge in [0.15, 0.2) is 5.82 Å². The van der Waals surface area contributed by atoms with Crippen LogP contribution in [0.25, 0.3) is 0 Å². The Morgan fingerprint density at radius 2 is 2.12 bits per heavy atom. The summed E-state index contributed by atoms with van der Waals surface area (Å²) in [5.74, 6) is 1.70. The van der Waals surface area contributed by atoms with Crippen LogP contribution in [0.5, 0.6) is 0 Å². The number of halogens is 1. The van der Waals surface area contributed by atoms with E-state index in [1.807, 2.05) is 12.1 Å². The molecule has 2 fully saturated rings. The number of nitrogens with zero attached hydrogens (tertiary/aromatic N) is 2. The summed E-state index contributed by atoms with van der Waals surface area (Å²) in [6.07, 6.45) is 5.82. The van der Waals surface area contributed by atoms with E-state index in [4.69, 9.17) is 4.52 Å². The van der Waals surface area contributed by atoms with Gasteiger partial charge in [-0.05, 0) is 43.7 Å². The molecule has 2 aliphatic carbocycles. The van der Waals surface area contributed by atoms with Crippen molar-refractivity contribution < 1.29 is 13.7 Å². The van der Waals surface area contributed by atoms with Crippen LogP contribution in [0.2, 0.25) is 0 Å². The highest BCUT2D eigenvalue weighted by Gasteiger charge is 2.45. The monoisotopic (exact) mass is 343 g/mol. The molecule has 2 aliphatic rings. The normalized spacial score (nSPS) is 18.1. The first-order valence-corrected chi connectivity index (χ1v) is 9.00. The second-order valence-electron chi connectivity index (χ2n) is 7.21. The maximum atomic E-state index is 14.0. The number of nitrogens with one attached hydrogen (secondary N) is 1. The van der Waals surface area contributed by atoms with Gasteiger partial charge in [0.05, 0.1) is 0 Å². The maximum absolute atomic E-state index is 14.0. The molecule has 1 amide bonds. The van der Waals surface area contributed by atoms with Gasteiger partial charge in [0, 0.05) is 30.7 Å². The van der Waals surface area contributed by atoms with E-state index in [2.05, 4.69) is 15.5 Å². The van der Waals surface area contributed by atoms with Gasteiger partial charge in [0.25, 0.3) is 0 Å². The third-order valence-corrected chi connectivity index (χ3v) is 5.14. The molecule has 1 aromatic carbocycles. The van der Waals surface area contributed by atoms with E-state index in [1.165, 1.54) is 6.07 Å². The Morgan fingerprint density at radius 3 is 2.84 bits per heavy atom. The summed E-state index contributed by atoms with van der Waals surface area (Å²) in [5, 5.41) is 6.93. The molecule has 0 atom stereocenters. The van der Waals surface area contributed by atoms with Crippen LogP contribution >= 0.6 is 0 Å². The fourth-order valence-corrected chi connectivity index (χ4v) is 3.22. The minimum absolute atomic E-state index is 0.00968. The van der Waals surface area contributed by atoms with E-state index in [0.29, 0.717) is 43.2 Å². The number of hydrogen-bond donors (Lipinski definition) is 1. The summed E-state index contributed by atoms with van der Waals surface area (Å²) in [7, 11) is 0. The minimum atomic E-state index is -0.216. The van der Waals surface area contributed by atoms with E-state index in [0.717, 1.165) is 31.5 Å². The predicted octanol–water partition coefficient (Wildman–Crippen LogP) is 3.26. The highest BCUT2D eigenvalue weighted by Crippen LogP contribution is 2.48. The largest absolute Gasteiger partial charge is 0.355 e. The smallest absolute Gasteiger partial charge is 0.226 e. The van der Waals surface area contributed by atoms with Crippen molar-refractivity contribution in [2.24, 2.45) is 0 Å². The van der Waals surface area contributed by atoms with Crippen LogP contribution in [0.3, 0.4) is 0 Å². The van der Waals surface area contributed by atoms with Gasteiger partial charge in [-0.15, -0.1) is 0 Å². The van der Waals surface area contributed by atoms with Crippen molar-refractivity contribution in [2.75, 3.05) is 6.54 Å². The van der Waals surface area contributed by atoms with Crippen molar-refractivity contribution in [3.05, 3.63) is 47.4 Å². The Kier molecular flexibility index (Phi) is 4.27. The average Bonchev–Trinajstić information content (AvgIpc) is 3.54. The lowest BCUT2D eigenvalue weighted by molar-refractivity contribution is -0.121. The van der Waals surface area contributed by atoms with Gasteiger partial charge in [-0.2, -0.15) is 4.98 Å². The molecule has 0 radical (unpaired) electrons. The second-order valence-corrected chi connectivity index (χ2v) is 7.21. The molecule has 25 heavy (non-hydrogen) atoms. The molecular formula is C19H22FN3O2. The summed E-state index contributed by atoms with van der Waals surface area (Å²) in [5.41, 5.74) is 0.501. The molecule has 1 aromatic heterocycles. The molecule has 1 heterocycles. The minimum Gasteiger partial charge on any atom is -0.355 e. The first kappa shape index (κ1) is 16.2. The Bertz CT molecular complexity index is 766. The summed E-state index contributed by atoms with van der Waals surface area (Å²) >= 11 is 0. The van der Waals surface area contributed by atoms with Crippen molar-refractivity contribution in [1.82, 2.24) is 15.5 Å². The second kappa shape index (κ2) is 6.58. The Balaban J connectivity index is 1.22. The predicted molar refractivity (Wildman–Crippen MR) is 89.5 cm³/mol. The fraction of sp³-hybridized carbons (Fsp3) is 0.526. The molecule has 0 spiro atoms. The Hall–Kier alpha value is -2.24. The van der Waals surface area contributed by atoms with E-state index in [-0.39, 0.29) is 17.1 Å². The summed E-state index contributed by atoms with van der Waals surface area (Å²) < 4.78 is 19.2. The topological polar surface area (TPSA) is 68.0 Å². The fourth-order valence-electron chi connectivity index (χ4n) is 3.22. The van der Waals surface area contributed by atoms with Crippen LogP contribution in [-0.4, -0.2) is 22.6 Å². The van der Waals surface area contributed by atoms with Gasteiger partial charge in [0.1, 0.15) is 5.82 Å². The van der Waals surface area contributed by atoms with Gasteiger partial charge in [-0.3, -0.25) is 4.79 Å². The first-order chi connectivity index (χ1) is 12.2. The van der Waals surface area contributed by atoms with Gasteiger partial charge in [-0.25, -0.2) is 4.39 Å². The summed E-state index contributed by atoms with van der Waals surface area (Å²) in [4.78, 5) is 16.4. The molecule has 6 heteroatoms. The number of carbonyl (C=O) groups is 1.